The molecule has 1 N–H and O–H groups in total. The molecular formula is C28H31ClN6O4. The summed E-state index contributed by atoms with van der Waals surface area (Å²) in [6, 6.07) is 13.3. The van der Waals surface area contributed by atoms with Crippen molar-refractivity contribution in [3.8, 4) is 11.6 Å². The predicted molar refractivity (Wildman–Crippen MR) is 143 cm³/mol. The lowest BCUT2D eigenvalue weighted by Crippen LogP contribution is -2.47. The molecule has 5 rings (SSSR count). The summed E-state index contributed by atoms with van der Waals surface area (Å²) < 4.78 is 11.5. The zero-order valence-electron chi connectivity index (χ0n) is 22.0. The number of carbonyl (C=O) groups is 2. The minimum Gasteiger partial charge on any atom is -0.464 e. The maximum Gasteiger partial charge on any atom is 0.250 e. The molecule has 4 aromatic rings. The maximum atomic E-state index is 13.9. The number of aromatic nitrogens is 4. The van der Waals surface area contributed by atoms with Gasteiger partial charge in [-0.05, 0) is 67.8 Å². The second kappa shape index (κ2) is 11.9. The molecule has 3 aromatic heterocycles. The molecular weight excluding hydrogens is 520 g/mol. The number of tetrazole rings is 1. The Labute approximate surface area is 231 Å². The fraction of sp³-hybridized carbons (Fsp3) is 0.393. The van der Waals surface area contributed by atoms with Crippen LogP contribution in [0.5, 0.6) is 0 Å². The SMILES string of the molecule is Cc1ccc(-c2nnn(CC(=O)N(Cc3ccccc3Cl)[C@H](C(=O)NC3CCCCC3)c3ccc(C)o3)n2)o1. The molecule has 0 radical (unpaired) electrons. The van der Waals surface area contributed by atoms with Gasteiger partial charge in [-0.2, -0.15) is 4.80 Å². The molecule has 1 aliphatic rings. The highest BCUT2D eigenvalue weighted by atomic mass is 35.5. The highest BCUT2D eigenvalue weighted by Gasteiger charge is 2.36. The molecule has 0 spiro atoms. The van der Waals surface area contributed by atoms with Gasteiger partial charge in [0.15, 0.2) is 11.8 Å². The first-order valence-corrected chi connectivity index (χ1v) is 13.5. The van der Waals surface area contributed by atoms with Gasteiger partial charge in [0.05, 0.1) is 0 Å². The molecule has 0 unspecified atom stereocenters. The van der Waals surface area contributed by atoms with Crippen molar-refractivity contribution in [2.75, 3.05) is 0 Å². The molecule has 10 nitrogen and oxygen atoms in total. The Morgan fingerprint density at radius 3 is 2.49 bits per heavy atom. The monoisotopic (exact) mass is 550 g/mol. The van der Waals surface area contributed by atoms with E-state index in [4.69, 9.17) is 20.4 Å². The van der Waals surface area contributed by atoms with Gasteiger partial charge >= 0.3 is 0 Å². The van der Waals surface area contributed by atoms with Crippen LogP contribution in [-0.4, -0.2) is 43.0 Å². The highest BCUT2D eigenvalue weighted by molar-refractivity contribution is 6.31. The fourth-order valence-corrected chi connectivity index (χ4v) is 5.06. The predicted octanol–water partition coefficient (Wildman–Crippen LogP) is 5.02. The third-order valence-electron chi connectivity index (χ3n) is 6.85. The third-order valence-corrected chi connectivity index (χ3v) is 7.22. The van der Waals surface area contributed by atoms with E-state index >= 15 is 0 Å². The van der Waals surface area contributed by atoms with Crippen LogP contribution in [0.2, 0.25) is 5.02 Å². The lowest BCUT2D eigenvalue weighted by Gasteiger charge is -2.32. The fourth-order valence-electron chi connectivity index (χ4n) is 4.86. The second-order valence-corrected chi connectivity index (χ2v) is 10.3. The van der Waals surface area contributed by atoms with Crippen LogP contribution in [0.25, 0.3) is 11.6 Å². The molecule has 0 bridgehead atoms. The summed E-state index contributed by atoms with van der Waals surface area (Å²) in [5, 5.41) is 16.0. The van der Waals surface area contributed by atoms with E-state index < -0.39 is 11.9 Å². The first-order valence-electron chi connectivity index (χ1n) is 13.1. The number of amides is 2. The molecule has 3 heterocycles. The first kappa shape index (κ1) is 26.7. The summed E-state index contributed by atoms with van der Waals surface area (Å²) in [5.41, 5.74) is 0.699. The maximum absolute atomic E-state index is 13.9. The third kappa shape index (κ3) is 6.39. The van der Waals surface area contributed by atoms with E-state index in [1.807, 2.05) is 25.1 Å². The van der Waals surface area contributed by atoms with E-state index in [-0.39, 0.29) is 30.9 Å². The normalized spacial score (nSPS) is 14.7. The van der Waals surface area contributed by atoms with E-state index in [0.29, 0.717) is 33.6 Å². The summed E-state index contributed by atoms with van der Waals surface area (Å²) >= 11 is 6.48. The lowest BCUT2D eigenvalue weighted by atomic mass is 9.95. The van der Waals surface area contributed by atoms with E-state index in [0.717, 1.165) is 32.1 Å². The number of nitrogens with one attached hydrogen (secondary N) is 1. The van der Waals surface area contributed by atoms with Crippen molar-refractivity contribution in [2.24, 2.45) is 0 Å². The molecule has 1 saturated carbocycles. The van der Waals surface area contributed by atoms with Crippen molar-refractivity contribution in [1.82, 2.24) is 30.4 Å². The summed E-state index contributed by atoms with van der Waals surface area (Å²) in [5.74, 6) is 1.75. The van der Waals surface area contributed by atoms with Crippen LogP contribution >= 0.6 is 11.6 Å². The Bertz CT molecular complexity index is 1440. The number of halogens is 1. The second-order valence-electron chi connectivity index (χ2n) is 9.86. The number of rotatable bonds is 9. The lowest BCUT2D eigenvalue weighted by molar-refractivity contribution is -0.143. The number of nitrogens with zero attached hydrogens (tertiary/aromatic N) is 5. The zero-order valence-corrected chi connectivity index (χ0v) is 22.7. The Hall–Kier alpha value is -3.92. The van der Waals surface area contributed by atoms with E-state index in [2.05, 4.69) is 20.7 Å². The summed E-state index contributed by atoms with van der Waals surface area (Å²) in [6.45, 7) is 3.46. The largest absolute Gasteiger partial charge is 0.464 e. The molecule has 39 heavy (non-hydrogen) atoms. The molecule has 1 fully saturated rings. The average Bonchev–Trinajstić information content (AvgIpc) is 3.67. The number of benzene rings is 1. The number of hydrogen-bond donors (Lipinski definition) is 1. The van der Waals surface area contributed by atoms with Crippen molar-refractivity contribution < 1.29 is 18.4 Å². The molecule has 1 atom stereocenters. The molecule has 2 amide bonds. The minimum atomic E-state index is -1.01. The van der Waals surface area contributed by atoms with Crippen LogP contribution in [0.3, 0.4) is 0 Å². The van der Waals surface area contributed by atoms with Gasteiger partial charge in [-0.25, -0.2) is 0 Å². The molecule has 1 aromatic carbocycles. The Morgan fingerprint density at radius 1 is 1.05 bits per heavy atom. The summed E-state index contributed by atoms with van der Waals surface area (Å²) in [6.07, 6.45) is 5.10. The summed E-state index contributed by atoms with van der Waals surface area (Å²) in [4.78, 5) is 30.4. The molecule has 204 valence electrons. The van der Waals surface area contributed by atoms with Gasteiger partial charge in [0, 0.05) is 17.6 Å². The van der Waals surface area contributed by atoms with Crippen molar-refractivity contribution in [3.63, 3.8) is 0 Å². The standard InChI is InChI=1S/C28H31ClN6O4/c1-18-12-14-23(38-18)26(28(37)30-21-9-4-3-5-10-21)34(16-20-8-6-7-11-22(20)29)25(36)17-35-32-27(31-33-35)24-15-13-19(2)39-24/h6-8,11-15,21,26H,3-5,9-10,16-17H2,1-2H3,(H,30,37)/t26-/m0/s1. The van der Waals surface area contributed by atoms with Crippen LogP contribution in [0.15, 0.2) is 57.4 Å². The van der Waals surface area contributed by atoms with Gasteiger partial charge in [0.2, 0.25) is 11.7 Å². The van der Waals surface area contributed by atoms with Crippen molar-refractivity contribution in [2.45, 2.75) is 71.1 Å². The molecule has 11 heteroatoms. The van der Waals surface area contributed by atoms with E-state index in [1.54, 1.807) is 37.3 Å². The zero-order chi connectivity index (χ0) is 27.4. The number of aryl methyl sites for hydroxylation is 2. The quantitative estimate of drug-likeness (QED) is 0.311. The number of furan rings is 2. The smallest absolute Gasteiger partial charge is 0.250 e. The Morgan fingerprint density at radius 2 is 1.79 bits per heavy atom. The Kier molecular flexibility index (Phi) is 8.11. The van der Waals surface area contributed by atoms with Crippen LogP contribution < -0.4 is 5.32 Å². The van der Waals surface area contributed by atoms with Gasteiger partial charge in [-0.1, -0.05) is 49.1 Å². The number of hydrogen-bond acceptors (Lipinski definition) is 7. The van der Waals surface area contributed by atoms with Gasteiger partial charge in [0.1, 0.15) is 23.8 Å². The van der Waals surface area contributed by atoms with Gasteiger partial charge < -0.3 is 19.1 Å². The Balaban J connectivity index is 1.46. The van der Waals surface area contributed by atoms with Crippen LogP contribution in [0, 0.1) is 13.8 Å². The average molecular weight is 551 g/mol. The number of carbonyl (C=O) groups excluding carboxylic acids is 2. The van der Waals surface area contributed by atoms with Crippen molar-refractivity contribution in [3.05, 3.63) is 76.4 Å². The van der Waals surface area contributed by atoms with Gasteiger partial charge in [-0.3, -0.25) is 9.59 Å². The van der Waals surface area contributed by atoms with Gasteiger partial charge in [-0.15, -0.1) is 10.2 Å². The van der Waals surface area contributed by atoms with E-state index in [1.165, 1.54) is 9.70 Å². The minimum absolute atomic E-state index is 0.0540. The molecule has 0 saturated heterocycles. The highest BCUT2D eigenvalue weighted by Crippen LogP contribution is 2.29. The van der Waals surface area contributed by atoms with E-state index in [9.17, 15) is 9.59 Å². The molecule has 0 aliphatic heterocycles. The first-order chi connectivity index (χ1) is 18.9. The topological polar surface area (TPSA) is 119 Å². The van der Waals surface area contributed by atoms with Gasteiger partial charge in [0.25, 0.3) is 5.91 Å². The van der Waals surface area contributed by atoms with Crippen molar-refractivity contribution >= 4 is 23.4 Å². The molecule has 1 aliphatic carbocycles. The van der Waals surface area contributed by atoms with Crippen molar-refractivity contribution in [1.29, 1.82) is 0 Å². The van der Waals surface area contributed by atoms with Crippen LogP contribution in [0.1, 0.15) is 61.0 Å². The van der Waals surface area contributed by atoms with Crippen LogP contribution in [-0.2, 0) is 22.7 Å². The summed E-state index contributed by atoms with van der Waals surface area (Å²) in [7, 11) is 0. The van der Waals surface area contributed by atoms with Crippen LogP contribution in [0.4, 0.5) is 0 Å².